The number of alkyl carbamates (subject to hydrolysis) is 1. The monoisotopic (exact) mass is 620 g/mol. The lowest BCUT2D eigenvalue weighted by atomic mass is 10.0. The molecule has 0 saturated heterocycles. The number of carbonyl (C=O) groups excluding carboxylic acids is 2. The number of nitrogens with one attached hydrogen (secondary N) is 3. The molecule has 1 atom stereocenters. The summed E-state index contributed by atoms with van der Waals surface area (Å²) in [5.41, 5.74) is 3.59. The van der Waals surface area contributed by atoms with E-state index in [-0.39, 0.29) is 5.91 Å². The maximum absolute atomic E-state index is 13.9. The number of aryl methyl sites for hydroxylation is 3. The molecule has 0 radical (unpaired) electrons. The number of carbonyl (C=O) groups is 2. The third-order valence-corrected chi connectivity index (χ3v) is 7.89. The summed E-state index contributed by atoms with van der Waals surface area (Å²) in [4.78, 5) is 29.9. The predicted octanol–water partition coefficient (Wildman–Crippen LogP) is 6.60. The molecule has 5 rings (SSSR count). The van der Waals surface area contributed by atoms with Crippen molar-refractivity contribution in [2.45, 2.75) is 84.5 Å². The first kappa shape index (κ1) is 32.5. The van der Waals surface area contributed by atoms with Gasteiger partial charge in [-0.2, -0.15) is 0 Å². The lowest BCUT2D eigenvalue weighted by molar-refractivity contribution is -0.127. The van der Waals surface area contributed by atoms with E-state index in [1.54, 1.807) is 34.6 Å². The van der Waals surface area contributed by atoms with Gasteiger partial charge in [0, 0.05) is 29.9 Å². The predicted molar refractivity (Wildman–Crippen MR) is 180 cm³/mol. The molecule has 46 heavy (non-hydrogen) atoms. The number of benzene rings is 3. The Morgan fingerprint density at radius 2 is 1.57 bits per heavy atom. The van der Waals surface area contributed by atoms with Crippen molar-refractivity contribution in [2.24, 2.45) is 0 Å². The highest BCUT2D eigenvalue weighted by Crippen LogP contribution is 2.26. The standard InChI is InChI=1S/C37H44N6O3/c1-25-16-18-27(19-17-25)24-43-32(21-20-26-12-8-7-9-13-26)41-42-33(43)31(22-28-23-38-30-15-11-10-14-29(28)30)39-34(44)37(5,6)40-35(45)46-36(2,3)4/h7-19,23,31,38H,20-22,24H2,1-6H3,(H,39,44)(H,40,45)/t31-/m1/s1. The van der Waals surface area contributed by atoms with Crippen LogP contribution in [-0.4, -0.2) is 42.9 Å². The number of nitrogens with zero attached hydrogens (tertiary/aromatic N) is 3. The van der Waals surface area contributed by atoms with Gasteiger partial charge in [-0.25, -0.2) is 4.79 Å². The van der Waals surface area contributed by atoms with Gasteiger partial charge >= 0.3 is 6.09 Å². The molecule has 240 valence electrons. The molecule has 9 nitrogen and oxygen atoms in total. The molecular weight excluding hydrogens is 576 g/mol. The highest BCUT2D eigenvalue weighted by molar-refractivity contribution is 5.89. The second-order valence-corrected chi connectivity index (χ2v) is 13.4. The number of aromatic amines is 1. The summed E-state index contributed by atoms with van der Waals surface area (Å²) >= 11 is 0. The fourth-order valence-electron chi connectivity index (χ4n) is 5.42. The van der Waals surface area contributed by atoms with Gasteiger partial charge in [0.15, 0.2) is 5.82 Å². The summed E-state index contributed by atoms with van der Waals surface area (Å²) in [7, 11) is 0. The van der Waals surface area contributed by atoms with E-state index in [4.69, 9.17) is 9.84 Å². The largest absolute Gasteiger partial charge is 0.444 e. The van der Waals surface area contributed by atoms with Gasteiger partial charge in [-0.15, -0.1) is 10.2 Å². The smallest absolute Gasteiger partial charge is 0.408 e. The number of rotatable bonds is 11. The molecule has 9 heteroatoms. The van der Waals surface area contributed by atoms with E-state index >= 15 is 0 Å². The van der Waals surface area contributed by atoms with E-state index in [9.17, 15) is 9.59 Å². The van der Waals surface area contributed by atoms with Crippen molar-refractivity contribution in [3.8, 4) is 0 Å². The number of amides is 2. The molecule has 0 spiro atoms. The van der Waals surface area contributed by atoms with Crippen molar-refractivity contribution in [2.75, 3.05) is 0 Å². The quantitative estimate of drug-likeness (QED) is 0.154. The topological polar surface area (TPSA) is 114 Å². The highest BCUT2D eigenvalue weighted by Gasteiger charge is 2.35. The second kappa shape index (κ2) is 13.6. The molecule has 0 aliphatic carbocycles. The summed E-state index contributed by atoms with van der Waals surface area (Å²) in [6, 6.07) is 26.3. The number of para-hydroxylation sites is 1. The van der Waals surface area contributed by atoms with Crippen LogP contribution in [0.1, 0.15) is 74.6 Å². The van der Waals surface area contributed by atoms with Gasteiger partial charge in [0.05, 0.1) is 12.6 Å². The van der Waals surface area contributed by atoms with Crippen LogP contribution in [0, 0.1) is 6.92 Å². The van der Waals surface area contributed by atoms with Gasteiger partial charge in [-0.3, -0.25) is 4.79 Å². The summed E-state index contributed by atoms with van der Waals surface area (Å²) in [6.45, 7) is 11.3. The van der Waals surface area contributed by atoms with Crippen LogP contribution in [0.3, 0.4) is 0 Å². The van der Waals surface area contributed by atoms with Crippen LogP contribution in [0.15, 0.2) is 85.1 Å². The van der Waals surface area contributed by atoms with Crippen molar-refractivity contribution in [3.05, 3.63) is 119 Å². The molecule has 0 unspecified atom stereocenters. The maximum atomic E-state index is 13.9. The fraction of sp³-hybridized carbons (Fsp3) is 0.351. The summed E-state index contributed by atoms with van der Waals surface area (Å²) in [5, 5.41) is 16.4. The normalized spacial score (nSPS) is 12.6. The van der Waals surface area contributed by atoms with Crippen molar-refractivity contribution in [1.82, 2.24) is 30.4 Å². The summed E-state index contributed by atoms with van der Waals surface area (Å²) in [6.07, 6.45) is 3.27. The molecule has 0 saturated carbocycles. The minimum absolute atomic E-state index is 0.362. The molecule has 2 heterocycles. The first-order valence-electron chi connectivity index (χ1n) is 15.8. The molecule has 0 bridgehead atoms. The molecule has 0 fully saturated rings. The molecule has 0 aliphatic rings. The zero-order chi connectivity index (χ0) is 32.9. The Bertz CT molecular complexity index is 1780. The highest BCUT2D eigenvalue weighted by atomic mass is 16.6. The number of fused-ring (bicyclic) bond motifs is 1. The Morgan fingerprint density at radius 3 is 2.28 bits per heavy atom. The molecule has 2 amide bonds. The first-order valence-corrected chi connectivity index (χ1v) is 15.8. The van der Waals surface area contributed by atoms with E-state index in [1.807, 2.05) is 42.6 Å². The average Bonchev–Trinajstić information content (AvgIpc) is 3.60. The van der Waals surface area contributed by atoms with Crippen LogP contribution in [0.4, 0.5) is 4.79 Å². The van der Waals surface area contributed by atoms with Crippen LogP contribution in [0.2, 0.25) is 0 Å². The molecular formula is C37H44N6O3. The first-order chi connectivity index (χ1) is 21.9. The number of hydrogen-bond donors (Lipinski definition) is 3. The minimum atomic E-state index is -1.27. The molecule has 3 N–H and O–H groups in total. The number of aromatic nitrogens is 4. The van der Waals surface area contributed by atoms with Crippen LogP contribution in [0.5, 0.6) is 0 Å². The van der Waals surface area contributed by atoms with Gasteiger partial charge in [-0.05, 0) is 70.7 Å². The second-order valence-electron chi connectivity index (χ2n) is 13.4. The number of ether oxygens (including phenoxy) is 1. The lowest BCUT2D eigenvalue weighted by Gasteiger charge is -2.30. The fourth-order valence-corrected chi connectivity index (χ4v) is 5.42. The van der Waals surface area contributed by atoms with E-state index in [1.165, 1.54) is 11.1 Å². The van der Waals surface area contributed by atoms with Crippen molar-refractivity contribution in [3.63, 3.8) is 0 Å². The zero-order valence-corrected chi connectivity index (χ0v) is 27.6. The summed E-state index contributed by atoms with van der Waals surface area (Å²) < 4.78 is 7.57. The SMILES string of the molecule is Cc1ccc(Cn2c(CCc3ccccc3)nnc2[C@@H](Cc2c[nH]c3ccccc23)NC(=O)C(C)(C)NC(=O)OC(C)(C)C)cc1. The minimum Gasteiger partial charge on any atom is -0.444 e. The average molecular weight is 621 g/mol. The van der Waals surface area contributed by atoms with Crippen molar-refractivity contribution >= 4 is 22.9 Å². The molecule has 3 aromatic carbocycles. The van der Waals surface area contributed by atoms with Gasteiger partial charge in [0.25, 0.3) is 0 Å². The van der Waals surface area contributed by atoms with Gasteiger partial charge in [0.2, 0.25) is 5.91 Å². The van der Waals surface area contributed by atoms with Crippen LogP contribution in [0.25, 0.3) is 10.9 Å². The third-order valence-electron chi connectivity index (χ3n) is 7.89. The van der Waals surface area contributed by atoms with Crippen LogP contribution >= 0.6 is 0 Å². The van der Waals surface area contributed by atoms with Crippen molar-refractivity contribution in [1.29, 1.82) is 0 Å². The van der Waals surface area contributed by atoms with Gasteiger partial charge in [-0.1, -0.05) is 78.4 Å². The molecule has 5 aromatic rings. The van der Waals surface area contributed by atoms with Gasteiger partial charge < -0.3 is 24.9 Å². The third kappa shape index (κ3) is 8.21. The Morgan fingerprint density at radius 1 is 0.870 bits per heavy atom. The van der Waals surface area contributed by atoms with Gasteiger partial charge in [0.1, 0.15) is 17.0 Å². The van der Waals surface area contributed by atoms with E-state index in [0.717, 1.165) is 34.3 Å². The maximum Gasteiger partial charge on any atom is 0.408 e. The Kier molecular flexibility index (Phi) is 9.60. The Labute approximate surface area is 270 Å². The van der Waals surface area contributed by atoms with Crippen LogP contribution in [-0.2, 0) is 35.3 Å². The Hall–Kier alpha value is -4.92. The summed E-state index contributed by atoms with van der Waals surface area (Å²) in [5.74, 6) is 1.12. The Balaban J connectivity index is 1.51. The van der Waals surface area contributed by atoms with E-state index in [2.05, 4.69) is 74.7 Å². The molecule has 0 aliphatic heterocycles. The lowest BCUT2D eigenvalue weighted by Crippen LogP contribution is -2.56. The van der Waals surface area contributed by atoms with Crippen molar-refractivity contribution < 1.29 is 14.3 Å². The van der Waals surface area contributed by atoms with Crippen LogP contribution < -0.4 is 10.6 Å². The number of H-pyrrole nitrogens is 1. The van der Waals surface area contributed by atoms with E-state index < -0.39 is 23.3 Å². The number of hydrogen-bond acceptors (Lipinski definition) is 5. The van der Waals surface area contributed by atoms with E-state index in [0.29, 0.717) is 25.2 Å². The molecule has 2 aromatic heterocycles. The zero-order valence-electron chi connectivity index (χ0n) is 27.6.